The largest absolute Gasteiger partial charge is 0.495 e. The molecule has 0 aliphatic carbocycles. The number of fused-ring (bicyclic) bond motifs is 1. The summed E-state index contributed by atoms with van der Waals surface area (Å²) in [6.07, 6.45) is 3.00. The molecule has 0 unspecified atom stereocenters. The third-order valence-corrected chi connectivity index (χ3v) is 4.81. The van der Waals surface area contributed by atoms with Gasteiger partial charge in [0.15, 0.2) is 5.65 Å². The fourth-order valence-corrected chi connectivity index (χ4v) is 3.25. The van der Waals surface area contributed by atoms with E-state index in [1.54, 1.807) is 22.9 Å². The molecule has 2 heterocycles. The molecule has 2 aromatic carbocycles. The van der Waals surface area contributed by atoms with Crippen LogP contribution in [-0.2, 0) is 11.3 Å². The molecule has 4 rings (SSSR count). The summed E-state index contributed by atoms with van der Waals surface area (Å²) in [5.41, 5.74) is 1.50. The van der Waals surface area contributed by atoms with E-state index >= 15 is 0 Å². The van der Waals surface area contributed by atoms with Gasteiger partial charge in [-0.1, -0.05) is 29.8 Å². The lowest BCUT2D eigenvalue weighted by Gasteiger charge is -2.11. The molecule has 0 radical (unpaired) electrons. The monoisotopic (exact) mass is 423 g/mol. The molecule has 152 valence electrons. The van der Waals surface area contributed by atoms with Gasteiger partial charge in [0.25, 0.3) is 5.56 Å². The molecule has 0 aliphatic rings. The fourth-order valence-electron chi connectivity index (χ4n) is 3.08. The Bertz CT molecular complexity index is 1270. The minimum absolute atomic E-state index is 0.0790. The van der Waals surface area contributed by atoms with Crippen molar-refractivity contribution in [3.05, 3.63) is 76.4 Å². The first kappa shape index (κ1) is 19.7. The highest BCUT2D eigenvalue weighted by molar-refractivity contribution is 6.31. The Morgan fingerprint density at radius 3 is 2.77 bits per heavy atom. The van der Waals surface area contributed by atoms with Crippen LogP contribution < -0.4 is 15.6 Å². The van der Waals surface area contributed by atoms with E-state index in [4.69, 9.17) is 16.3 Å². The predicted molar refractivity (Wildman–Crippen MR) is 114 cm³/mol. The summed E-state index contributed by atoms with van der Waals surface area (Å²) < 4.78 is 8.23. The van der Waals surface area contributed by atoms with E-state index in [0.717, 1.165) is 5.69 Å². The van der Waals surface area contributed by atoms with E-state index in [0.29, 0.717) is 27.5 Å². The molecule has 0 atom stereocenters. The van der Waals surface area contributed by atoms with Gasteiger partial charge in [0, 0.05) is 18.0 Å². The topological polar surface area (TPSA) is 91.0 Å². The van der Waals surface area contributed by atoms with Crippen molar-refractivity contribution in [3.63, 3.8) is 0 Å². The van der Waals surface area contributed by atoms with Crippen molar-refractivity contribution in [3.8, 4) is 11.4 Å². The molecule has 1 N–H and O–H groups in total. The number of benzene rings is 2. The molecule has 0 saturated heterocycles. The summed E-state index contributed by atoms with van der Waals surface area (Å²) in [7, 11) is 1.51. The van der Waals surface area contributed by atoms with Gasteiger partial charge in [-0.2, -0.15) is 5.10 Å². The van der Waals surface area contributed by atoms with E-state index in [-0.39, 0.29) is 24.4 Å². The first-order valence-electron chi connectivity index (χ1n) is 9.19. The average Bonchev–Trinajstić information content (AvgIpc) is 3.19. The van der Waals surface area contributed by atoms with E-state index in [2.05, 4.69) is 15.4 Å². The molecule has 0 saturated carbocycles. The SMILES string of the molecule is COc1ccc(Cl)cc1NC(=O)CCn1cnc2c(cnn2-c2ccccc2)c1=O. The summed E-state index contributed by atoms with van der Waals surface area (Å²) in [5.74, 6) is 0.226. The Hall–Kier alpha value is -3.65. The van der Waals surface area contributed by atoms with Gasteiger partial charge in [0.2, 0.25) is 5.91 Å². The van der Waals surface area contributed by atoms with Crippen LogP contribution in [0.1, 0.15) is 6.42 Å². The second kappa shape index (κ2) is 8.38. The lowest BCUT2D eigenvalue weighted by atomic mass is 10.2. The van der Waals surface area contributed by atoms with Crippen LogP contribution in [0.4, 0.5) is 5.69 Å². The number of halogens is 1. The maximum absolute atomic E-state index is 12.8. The number of carbonyl (C=O) groups excluding carboxylic acids is 1. The second-order valence-electron chi connectivity index (χ2n) is 6.52. The molecule has 0 aliphatic heterocycles. The van der Waals surface area contributed by atoms with Crippen LogP contribution >= 0.6 is 11.6 Å². The van der Waals surface area contributed by atoms with Gasteiger partial charge in [-0.05, 0) is 30.3 Å². The van der Waals surface area contributed by atoms with Crippen LogP contribution in [0.15, 0.2) is 65.8 Å². The number of nitrogens with one attached hydrogen (secondary N) is 1. The molecule has 4 aromatic rings. The number of aromatic nitrogens is 4. The molecule has 8 nitrogen and oxygen atoms in total. The Morgan fingerprint density at radius 2 is 2.00 bits per heavy atom. The standard InChI is InChI=1S/C21H18ClN5O3/c1-30-18-8-7-14(22)11-17(18)25-19(28)9-10-26-13-23-20-16(21(26)29)12-24-27(20)15-5-3-2-4-6-15/h2-8,11-13H,9-10H2,1H3,(H,25,28). The Kier molecular flexibility index (Phi) is 5.49. The Morgan fingerprint density at radius 1 is 1.20 bits per heavy atom. The molecular formula is C21H18ClN5O3. The van der Waals surface area contributed by atoms with Gasteiger partial charge in [0.05, 0.1) is 31.0 Å². The van der Waals surface area contributed by atoms with E-state index in [1.807, 2.05) is 30.3 Å². The van der Waals surface area contributed by atoms with Crippen LogP contribution in [0.2, 0.25) is 5.02 Å². The number of amides is 1. The van der Waals surface area contributed by atoms with Gasteiger partial charge < -0.3 is 10.1 Å². The maximum Gasteiger partial charge on any atom is 0.264 e. The van der Waals surface area contributed by atoms with Crippen molar-refractivity contribution in [2.24, 2.45) is 0 Å². The van der Waals surface area contributed by atoms with Gasteiger partial charge in [-0.3, -0.25) is 14.2 Å². The molecular weight excluding hydrogens is 406 g/mol. The van der Waals surface area contributed by atoms with Gasteiger partial charge in [-0.15, -0.1) is 0 Å². The second-order valence-corrected chi connectivity index (χ2v) is 6.95. The Labute approximate surface area is 176 Å². The highest BCUT2D eigenvalue weighted by Crippen LogP contribution is 2.27. The third-order valence-electron chi connectivity index (χ3n) is 4.57. The van der Waals surface area contributed by atoms with Crippen LogP contribution in [0.25, 0.3) is 16.7 Å². The molecule has 0 fully saturated rings. The average molecular weight is 424 g/mol. The number of rotatable bonds is 6. The smallest absolute Gasteiger partial charge is 0.264 e. The van der Waals surface area contributed by atoms with Crippen molar-refractivity contribution >= 4 is 34.2 Å². The lowest BCUT2D eigenvalue weighted by Crippen LogP contribution is -2.23. The quantitative estimate of drug-likeness (QED) is 0.514. The van der Waals surface area contributed by atoms with E-state index < -0.39 is 0 Å². The molecule has 1 amide bonds. The summed E-state index contributed by atoms with van der Waals surface area (Å²) >= 11 is 5.98. The lowest BCUT2D eigenvalue weighted by molar-refractivity contribution is -0.116. The van der Waals surface area contributed by atoms with Crippen LogP contribution in [0.5, 0.6) is 5.75 Å². The summed E-state index contributed by atoms with van der Waals surface area (Å²) in [5, 5.41) is 7.90. The minimum atomic E-state index is -0.275. The molecule has 30 heavy (non-hydrogen) atoms. The number of nitrogens with zero attached hydrogens (tertiary/aromatic N) is 4. The van der Waals surface area contributed by atoms with Crippen molar-refractivity contribution < 1.29 is 9.53 Å². The zero-order valence-electron chi connectivity index (χ0n) is 16.1. The van der Waals surface area contributed by atoms with Crippen molar-refractivity contribution in [1.82, 2.24) is 19.3 Å². The number of para-hydroxylation sites is 1. The highest BCUT2D eigenvalue weighted by Gasteiger charge is 2.13. The number of anilines is 1. The highest BCUT2D eigenvalue weighted by atomic mass is 35.5. The van der Waals surface area contributed by atoms with Crippen LogP contribution in [0.3, 0.4) is 0 Å². The van der Waals surface area contributed by atoms with Crippen molar-refractivity contribution in [1.29, 1.82) is 0 Å². The van der Waals surface area contributed by atoms with Gasteiger partial charge in [0.1, 0.15) is 11.1 Å². The summed E-state index contributed by atoms with van der Waals surface area (Å²) in [6.45, 7) is 0.174. The zero-order chi connectivity index (χ0) is 21.1. The number of carbonyl (C=O) groups is 1. The first-order valence-corrected chi connectivity index (χ1v) is 9.56. The van der Waals surface area contributed by atoms with Crippen molar-refractivity contribution in [2.75, 3.05) is 12.4 Å². The van der Waals surface area contributed by atoms with Crippen molar-refractivity contribution in [2.45, 2.75) is 13.0 Å². The molecule has 0 bridgehead atoms. The van der Waals surface area contributed by atoms with Crippen LogP contribution in [0, 0.1) is 0 Å². The van der Waals surface area contributed by atoms with E-state index in [9.17, 15) is 9.59 Å². The number of hydrogen-bond donors (Lipinski definition) is 1. The van der Waals surface area contributed by atoms with Gasteiger partial charge >= 0.3 is 0 Å². The fraction of sp³-hybridized carbons (Fsp3) is 0.143. The number of ether oxygens (including phenoxy) is 1. The minimum Gasteiger partial charge on any atom is -0.495 e. The summed E-state index contributed by atoms with van der Waals surface area (Å²) in [6, 6.07) is 14.4. The third kappa shape index (κ3) is 3.90. The summed E-state index contributed by atoms with van der Waals surface area (Å²) in [4.78, 5) is 29.5. The number of aryl methyl sites for hydroxylation is 1. The number of hydrogen-bond acceptors (Lipinski definition) is 5. The van der Waals surface area contributed by atoms with E-state index in [1.165, 1.54) is 24.2 Å². The van der Waals surface area contributed by atoms with Gasteiger partial charge in [-0.25, -0.2) is 9.67 Å². The predicted octanol–water partition coefficient (Wildman–Crippen LogP) is 3.27. The normalized spacial score (nSPS) is 10.9. The van der Waals surface area contributed by atoms with Crippen LogP contribution in [-0.4, -0.2) is 32.3 Å². The molecule has 0 spiro atoms. The Balaban J connectivity index is 1.51. The zero-order valence-corrected chi connectivity index (χ0v) is 16.8. The first-order chi connectivity index (χ1) is 14.6. The molecule has 2 aromatic heterocycles. The number of methoxy groups -OCH3 is 1. The molecule has 9 heteroatoms. The maximum atomic E-state index is 12.8.